The monoisotopic (exact) mass is 338 g/mol. The summed E-state index contributed by atoms with van der Waals surface area (Å²) in [5.74, 6) is -0.243. The zero-order valence-electron chi connectivity index (χ0n) is 10.9. The van der Waals surface area contributed by atoms with Crippen LogP contribution in [0.5, 0.6) is 5.75 Å². The lowest BCUT2D eigenvalue weighted by Gasteiger charge is -2.14. The van der Waals surface area contributed by atoms with Crippen LogP contribution in [0, 0.1) is 0 Å². The summed E-state index contributed by atoms with van der Waals surface area (Å²) in [6.45, 7) is 1.53. The molecule has 1 unspecified atom stereocenters. The molecule has 0 aliphatic carbocycles. The molecule has 1 aromatic carbocycles. The summed E-state index contributed by atoms with van der Waals surface area (Å²) in [6.07, 6.45) is 2.02. The number of benzene rings is 1. The van der Waals surface area contributed by atoms with Gasteiger partial charge in [-0.2, -0.15) is 0 Å². The van der Waals surface area contributed by atoms with Gasteiger partial charge in [0.1, 0.15) is 12.7 Å². The van der Waals surface area contributed by atoms with Crippen molar-refractivity contribution in [2.75, 3.05) is 18.1 Å². The van der Waals surface area contributed by atoms with Crippen LogP contribution in [0.25, 0.3) is 0 Å². The van der Waals surface area contributed by atoms with Crippen molar-refractivity contribution in [1.29, 1.82) is 0 Å². The van der Waals surface area contributed by atoms with E-state index in [0.717, 1.165) is 0 Å². The van der Waals surface area contributed by atoms with Crippen LogP contribution in [-0.2, 0) is 9.84 Å². The van der Waals surface area contributed by atoms with Gasteiger partial charge in [0.15, 0.2) is 15.6 Å². The molecule has 4 nitrogen and oxygen atoms in total. The Bertz CT molecular complexity index is 549. The van der Waals surface area contributed by atoms with Gasteiger partial charge in [-0.1, -0.05) is 41.4 Å². The number of para-hydroxylation sites is 1. The maximum Gasteiger partial charge on any atom is 0.156 e. The molecule has 1 aromatic rings. The smallest absolute Gasteiger partial charge is 0.156 e. The number of halogens is 2. The molecule has 7 heteroatoms. The summed E-state index contributed by atoms with van der Waals surface area (Å²) in [5.41, 5.74) is 0. The standard InChI is InChI=1S/C13H16Cl2O4S/c1-2-3-7-20(17,18)9-10(16)8-19-13-11(14)5-4-6-12(13)15/h2-6,10,16H,7-9H2,1H3. The van der Waals surface area contributed by atoms with E-state index in [9.17, 15) is 13.5 Å². The minimum absolute atomic E-state index is 0.104. The first-order chi connectivity index (χ1) is 9.35. The lowest BCUT2D eigenvalue weighted by Crippen LogP contribution is -2.28. The van der Waals surface area contributed by atoms with Crippen LogP contribution in [0.3, 0.4) is 0 Å². The molecule has 0 heterocycles. The quantitative estimate of drug-likeness (QED) is 0.776. The molecule has 1 atom stereocenters. The number of aliphatic hydroxyl groups excluding tert-OH is 1. The number of aliphatic hydroxyl groups is 1. The molecule has 0 aliphatic heterocycles. The fourth-order valence-electron chi connectivity index (χ4n) is 1.45. The lowest BCUT2D eigenvalue weighted by atomic mass is 10.3. The third-order valence-corrected chi connectivity index (χ3v) is 4.56. The average Bonchev–Trinajstić information content (AvgIpc) is 2.35. The van der Waals surface area contributed by atoms with E-state index in [-0.39, 0.29) is 23.9 Å². The van der Waals surface area contributed by atoms with Crippen LogP contribution < -0.4 is 4.74 Å². The molecule has 1 rings (SSSR count). The van der Waals surface area contributed by atoms with Gasteiger partial charge in [0.05, 0.1) is 21.6 Å². The van der Waals surface area contributed by atoms with Gasteiger partial charge in [-0.15, -0.1) is 0 Å². The Morgan fingerprint density at radius 2 is 1.95 bits per heavy atom. The zero-order chi connectivity index (χ0) is 15.2. The maximum atomic E-state index is 11.6. The van der Waals surface area contributed by atoms with Gasteiger partial charge in [-0.05, 0) is 19.1 Å². The number of allylic oxidation sites excluding steroid dienone is 1. The molecule has 0 aliphatic rings. The van der Waals surface area contributed by atoms with Crippen LogP contribution in [-0.4, -0.2) is 37.7 Å². The van der Waals surface area contributed by atoms with Gasteiger partial charge in [0.25, 0.3) is 0 Å². The molecule has 0 spiro atoms. The van der Waals surface area contributed by atoms with Gasteiger partial charge < -0.3 is 9.84 Å². The minimum atomic E-state index is -3.35. The average molecular weight is 339 g/mol. The Kier molecular flexibility index (Phi) is 6.82. The molecule has 20 heavy (non-hydrogen) atoms. The Hall–Kier alpha value is -0.750. The van der Waals surface area contributed by atoms with E-state index in [1.54, 1.807) is 31.2 Å². The van der Waals surface area contributed by atoms with Crippen molar-refractivity contribution in [2.24, 2.45) is 0 Å². The third-order valence-electron chi connectivity index (χ3n) is 2.37. The first kappa shape index (κ1) is 17.3. The summed E-state index contributed by atoms with van der Waals surface area (Å²) >= 11 is 11.8. The Balaban J connectivity index is 2.58. The van der Waals surface area contributed by atoms with Gasteiger partial charge in [0.2, 0.25) is 0 Å². The SMILES string of the molecule is CC=CCS(=O)(=O)CC(O)COc1c(Cl)cccc1Cl. The Morgan fingerprint density at radius 3 is 2.50 bits per heavy atom. The zero-order valence-corrected chi connectivity index (χ0v) is 13.2. The van der Waals surface area contributed by atoms with Crippen molar-refractivity contribution < 1.29 is 18.3 Å². The summed E-state index contributed by atoms with van der Waals surface area (Å²) in [5, 5.41) is 10.3. The normalized spacial score (nSPS) is 13.6. The Labute approximate surface area is 128 Å². The summed E-state index contributed by atoms with van der Waals surface area (Å²) < 4.78 is 28.5. The highest BCUT2D eigenvalue weighted by Gasteiger charge is 2.17. The van der Waals surface area contributed by atoms with E-state index < -0.39 is 15.9 Å². The van der Waals surface area contributed by atoms with E-state index in [1.807, 2.05) is 0 Å². The van der Waals surface area contributed by atoms with E-state index in [4.69, 9.17) is 27.9 Å². The predicted molar refractivity (Wildman–Crippen MR) is 81.4 cm³/mol. The summed E-state index contributed by atoms with van der Waals surface area (Å²) in [6, 6.07) is 4.85. The van der Waals surface area contributed by atoms with Crippen molar-refractivity contribution >= 4 is 33.0 Å². The van der Waals surface area contributed by atoms with E-state index in [0.29, 0.717) is 10.0 Å². The van der Waals surface area contributed by atoms with E-state index in [1.165, 1.54) is 6.08 Å². The van der Waals surface area contributed by atoms with E-state index >= 15 is 0 Å². The fraction of sp³-hybridized carbons (Fsp3) is 0.385. The molecular formula is C13H16Cl2O4S. The molecule has 0 aromatic heterocycles. The van der Waals surface area contributed by atoms with Crippen LogP contribution in [0.15, 0.2) is 30.4 Å². The third kappa shape index (κ3) is 5.71. The van der Waals surface area contributed by atoms with Crippen molar-refractivity contribution in [3.8, 4) is 5.75 Å². The van der Waals surface area contributed by atoms with Crippen molar-refractivity contribution in [3.05, 3.63) is 40.4 Å². The van der Waals surface area contributed by atoms with Crippen LogP contribution in [0.1, 0.15) is 6.92 Å². The highest BCUT2D eigenvalue weighted by molar-refractivity contribution is 7.91. The molecule has 0 bridgehead atoms. The minimum Gasteiger partial charge on any atom is -0.488 e. The largest absolute Gasteiger partial charge is 0.488 e. The first-order valence-corrected chi connectivity index (χ1v) is 8.50. The van der Waals surface area contributed by atoms with Gasteiger partial charge in [-0.25, -0.2) is 8.42 Å². The van der Waals surface area contributed by atoms with Crippen LogP contribution >= 0.6 is 23.2 Å². The van der Waals surface area contributed by atoms with Crippen molar-refractivity contribution in [1.82, 2.24) is 0 Å². The first-order valence-electron chi connectivity index (χ1n) is 5.92. The lowest BCUT2D eigenvalue weighted by molar-refractivity contribution is 0.125. The Morgan fingerprint density at radius 1 is 1.35 bits per heavy atom. The predicted octanol–water partition coefficient (Wildman–Crippen LogP) is 2.72. The molecule has 0 saturated heterocycles. The highest BCUT2D eigenvalue weighted by atomic mass is 35.5. The second-order valence-electron chi connectivity index (χ2n) is 4.16. The molecule has 0 radical (unpaired) electrons. The van der Waals surface area contributed by atoms with Gasteiger partial charge in [-0.3, -0.25) is 0 Å². The summed E-state index contributed by atoms with van der Waals surface area (Å²) in [4.78, 5) is 0. The topological polar surface area (TPSA) is 63.6 Å². The molecule has 1 N–H and O–H groups in total. The molecule has 0 amide bonds. The van der Waals surface area contributed by atoms with Crippen molar-refractivity contribution in [2.45, 2.75) is 13.0 Å². The molecular weight excluding hydrogens is 323 g/mol. The van der Waals surface area contributed by atoms with Gasteiger partial charge in [0, 0.05) is 0 Å². The number of rotatable bonds is 7. The van der Waals surface area contributed by atoms with E-state index in [2.05, 4.69) is 0 Å². The van der Waals surface area contributed by atoms with Gasteiger partial charge >= 0.3 is 0 Å². The molecule has 112 valence electrons. The number of ether oxygens (including phenoxy) is 1. The second kappa shape index (κ2) is 7.88. The molecule has 0 fully saturated rings. The summed E-state index contributed by atoms with van der Waals surface area (Å²) in [7, 11) is -3.35. The second-order valence-corrected chi connectivity index (χ2v) is 7.13. The van der Waals surface area contributed by atoms with Crippen LogP contribution in [0.4, 0.5) is 0 Å². The highest BCUT2D eigenvalue weighted by Crippen LogP contribution is 2.32. The van der Waals surface area contributed by atoms with Crippen LogP contribution in [0.2, 0.25) is 10.0 Å². The maximum absolute atomic E-state index is 11.6. The number of hydrogen-bond donors (Lipinski definition) is 1. The number of sulfone groups is 1. The van der Waals surface area contributed by atoms with Crippen molar-refractivity contribution in [3.63, 3.8) is 0 Å². The molecule has 0 saturated carbocycles. The fourth-order valence-corrected chi connectivity index (χ4v) is 3.26. The number of hydrogen-bond acceptors (Lipinski definition) is 4.